The second-order valence-electron chi connectivity index (χ2n) is 12.0. The number of H-pyrrole nitrogens is 1. The number of aliphatic imine (C=N–C) groups is 1. The average molecular weight is 675 g/mol. The fraction of sp³-hybridized carbons (Fsp3) is 0.621. The summed E-state index contributed by atoms with van der Waals surface area (Å²) in [5.74, 6) is -5.14. The molecule has 1 aromatic rings. The molecule has 4 rings (SSSR count). The molecule has 0 aromatic carbocycles. The number of guanidine groups is 1. The zero-order valence-corrected chi connectivity index (χ0v) is 26.5. The number of amides is 6. The molecular formula is C29H42N10O9. The molecular weight excluding hydrogens is 632 g/mol. The number of hydrogen-bond acceptors (Lipinski definition) is 10. The minimum atomic E-state index is -1.46. The number of aromatic amines is 1. The molecule has 19 heteroatoms. The van der Waals surface area contributed by atoms with Gasteiger partial charge in [-0.3, -0.25) is 43.9 Å². The largest absolute Gasteiger partial charge is 0.481 e. The molecule has 3 saturated heterocycles. The van der Waals surface area contributed by atoms with Gasteiger partial charge in [0.1, 0.15) is 36.4 Å². The van der Waals surface area contributed by atoms with E-state index in [-0.39, 0.29) is 64.0 Å². The third kappa shape index (κ3) is 9.05. The van der Waals surface area contributed by atoms with Crippen LogP contribution < -0.4 is 27.0 Å². The van der Waals surface area contributed by atoms with Crippen LogP contribution >= 0.6 is 0 Å². The minimum Gasteiger partial charge on any atom is -0.481 e. The first-order valence-corrected chi connectivity index (χ1v) is 15.8. The highest BCUT2D eigenvalue weighted by Gasteiger charge is 2.48. The average Bonchev–Trinajstić information content (AvgIpc) is 3.77. The van der Waals surface area contributed by atoms with Gasteiger partial charge in [-0.1, -0.05) is 0 Å². The lowest BCUT2D eigenvalue weighted by atomic mass is 10.0. The van der Waals surface area contributed by atoms with Crippen molar-refractivity contribution in [2.24, 2.45) is 10.7 Å². The topological polar surface area (TPSA) is 282 Å². The maximum absolute atomic E-state index is 13.9. The van der Waals surface area contributed by atoms with E-state index >= 15 is 0 Å². The van der Waals surface area contributed by atoms with Crippen molar-refractivity contribution in [2.75, 3.05) is 13.1 Å². The van der Waals surface area contributed by atoms with Crippen LogP contribution in [-0.4, -0.2) is 127 Å². The smallest absolute Gasteiger partial charge is 0.303 e. The van der Waals surface area contributed by atoms with Crippen LogP contribution in [0.15, 0.2) is 17.5 Å². The van der Waals surface area contributed by atoms with Crippen molar-refractivity contribution in [2.45, 2.75) is 101 Å². The van der Waals surface area contributed by atoms with Crippen LogP contribution in [0.5, 0.6) is 0 Å². The van der Waals surface area contributed by atoms with E-state index in [0.29, 0.717) is 18.5 Å². The van der Waals surface area contributed by atoms with Crippen LogP contribution in [-0.2, 0) is 40.0 Å². The van der Waals surface area contributed by atoms with Crippen LogP contribution in [0.3, 0.4) is 0 Å². The van der Waals surface area contributed by atoms with E-state index < -0.39 is 77.8 Å². The molecule has 0 radical (unpaired) electrons. The molecule has 0 aliphatic carbocycles. The second kappa shape index (κ2) is 16.2. The first kappa shape index (κ1) is 35.8. The lowest BCUT2D eigenvalue weighted by Gasteiger charge is -2.31. The summed E-state index contributed by atoms with van der Waals surface area (Å²) in [5, 5.41) is 30.5. The Kier molecular flexibility index (Phi) is 12.0. The Balaban J connectivity index is 1.67. The fourth-order valence-corrected chi connectivity index (χ4v) is 6.17. The number of imidazole rings is 1. The van der Waals surface area contributed by atoms with Crippen LogP contribution in [0.1, 0.15) is 64.0 Å². The van der Waals surface area contributed by atoms with E-state index in [0.717, 1.165) is 4.90 Å². The molecule has 0 saturated carbocycles. The summed E-state index contributed by atoms with van der Waals surface area (Å²) >= 11 is 0. The summed E-state index contributed by atoms with van der Waals surface area (Å²) in [5.41, 5.74) is 6.13. The second-order valence-corrected chi connectivity index (χ2v) is 12.0. The van der Waals surface area contributed by atoms with Gasteiger partial charge in [-0.2, -0.15) is 0 Å². The minimum absolute atomic E-state index is 0.00532. The van der Waals surface area contributed by atoms with Gasteiger partial charge in [0.2, 0.25) is 35.4 Å². The summed E-state index contributed by atoms with van der Waals surface area (Å²) < 4.78 is 0. The Morgan fingerprint density at radius 1 is 1.04 bits per heavy atom. The molecule has 0 unspecified atom stereocenters. The van der Waals surface area contributed by atoms with Gasteiger partial charge in [-0.25, -0.2) is 4.98 Å². The Bertz CT molecular complexity index is 1420. The number of rotatable bonds is 10. The van der Waals surface area contributed by atoms with Gasteiger partial charge in [-0.15, -0.1) is 0 Å². The molecule has 19 nitrogen and oxygen atoms in total. The fourth-order valence-electron chi connectivity index (χ4n) is 6.17. The van der Waals surface area contributed by atoms with E-state index in [1.54, 1.807) is 0 Å². The van der Waals surface area contributed by atoms with E-state index in [2.05, 4.69) is 36.2 Å². The third-order valence-corrected chi connectivity index (χ3v) is 8.45. The number of carbonyl (C=O) groups is 7. The number of nitrogens with zero attached hydrogens (tertiary/aromatic N) is 4. The number of carboxylic acid groups (broad SMARTS) is 1. The Labute approximate surface area is 275 Å². The van der Waals surface area contributed by atoms with Crippen LogP contribution in [0.2, 0.25) is 0 Å². The maximum Gasteiger partial charge on any atom is 0.303 e. The number of aliphatic carboxylic acids is 1. The number of hydrogen-bond donors (Lipinski definition) is 8. The van der Waals surface area contributed by atoms with Crippen LogP contribution in [0.25, 0.3) is 0 Å². The number of aromatic nitrogens is 2. The first-order chi connectivity index (χ1) is 22.8. The normalized spacial score (nSPS) is 27.0. The summed E-state index contributed by atoms with van der Waals surface area (Å²) in [4.78, 5) is 104. The van der Waals surface area contributed by atoms with Crippen molar-refractivity contribution >= 4 is 47.4 Å². The number of carboxylic acids is 1. The molecule has 6 atom stereocenters. The summed E-state index contributed by atoms with van der Waals surface area (Å²) in [6.07, 6.45) is 1.63. The number of nitrogens with one attached hydrogen (secondary N) is 5. The van der Waals surface area contributed by atoms with Crippen molar-refractivity contribution in [3.63, 3.8) is 0 Å². The molecule has 3 aliphatic heterocycles. The van der Waals surface area contributed by atoms with E-state index in [9.17, 15) is 43.8 Å². The molecule has 9 N–H and O–H groups in total. The standard InChI is InChI=1S/C29H42N10O9/c1-15(40)34-29(30)32-9-3-6-18-27(47)38-10-4-7-20(38)25(45)37-19-12-22(41)39(28(19)48)21(11-16-13-31-14-33-16)26(46)35-17(24(44)36-18)5-2-8-23(42)43/h13-14,17-22,41H,2-12H2,1H3,(H,31,33)(H,35,46)(H,36,44)(H,37,45)(H,42,43)(H3,30,32,34,40)/t17-,18-,19-,20+,21+,22+/m0/s1. The van der Waals surface area contributed by atoms with Crippen molar-refractivity contribution in [3.05, 3.63) is 18.2 Å². The Hall–Kier alpha value is -5.07. The molecule has 2 bridgehead atoms. The molecule has 3 fully saturated rings. The highest BCUT2D eigenvalue weighted by Crippen LogP contribution is 2.25. The van der Waals surface area contributed by atoms with Gasteiger partial charge in [0.25, 0.3) is 0 Å². The molecule has 1 aromatic heterocycles. The van der Waals surface area contributed by atoms with Gasteiger partial charge < -0.3 is 46.7 Å². The van der Waals surface area contributed by atoms with E-state index in [4.69, 9.17) is 5.73 Å². The van der Waals surface area contributed by atoms with Gasteiger partial charge >= 0.3 is 5.97 Å². The highest BCUT2D eigenvalue weighted by molar-refractivity contribution is 5.99. The highest BCUT2D eigenvalue weighted by atomic mass is 16.4. The van der Waals surface area contributed by atoms with E-state index in [1.807, 2.05) is 0 Å². The van der Waals surface area contributed by atoms with Gasteiger partial charge in [-0.05, 0) is 38.5 Å². The number of fused-ring (bicyclic) bond motifs is 3. The number of nitrogens with two attached hydrogens (primary N) is 1. The quantitative estimate of drug-likeness (QED) is 0.0695. The van der Waals surface area contributed by atoms with Crippen molar-refractivity contribution in [1.29, 1.82) is 0 Å². The lowest BCUT2D eigenvalue weighted by Crippen LogP contribution is -2.58. The first-order valence-electron chi connectivity index (χ1n) is 15.8. The van der Waals surface area contributed by atoms with Crippen molar-refractivity contribution in [3.8, 4) is 0 Å². The third-order valence-electron chi connectivity index (χ3n) is 8.45. The zero-order valence-electron chi connectivity index (χ0n) is 26.5. The SMILES string of the molecule is CC(=O)NC(N)=NCCC[C@@H]1NC(=O)[C@H](CCCC(=O)O)NC(=O)[C@@H](Cc2cnc[nH]2)N2C(=O)[C@H](C[C@H]2O)NC(=O)[C@H]2CCCN2C1=O. The molecule has 48 heavy (non-hydrogen) atoms. The molecule has 262 valence electrons. The monoisotopic (exact) mass is 674 g/mol. The summed E-state index contributed by atoms with van der Waals surface area (Å²) in [6, 6.07) is -5.98. The molecule has 4 heterocycles. The van der Waals surface area contributed by atoms with Gasteiger partial charge in [0.05, 0.1) is 6.33 Å². The van der Waals surface area contributed by atoms with Crippen molar-refractivity contribution < 1.29 is 43.8 Å². The molecule has 6 amide bonds. The summed E-state index contributed by atoms with van der Waals surface area (Å²) in [7, 11) is 0. The zero-order chi connectivity index (χ0) is 35.0. The Morgan fingerprint density at radius 2 is 1.77 bits per heavy atom. The molecule has 3 aliphatic rings. The van der Waals surface area contributed by atoms with Crippen molar-refractivity contribution in [1.82, 2.24) is 41.0 Å². The molecule has 0 spiro atoms. The number of aliphatic hydroxyl groups is 1. The Morgan fingerprint density at radius 3 is 2.46 bits per heavy atom. The van der Waals surface area contributed by atoms with Crippen LogP contribution in [0.4, 0.5) is 0 Å². The van der Waals surface area contributed by atoms with Gasteiger partial charge in [0, 0.05) is 51.2 Å². The summed E-state index contributed by atoms with van der Waals surface area (Å²) in [6.45, 7) is 1.56. The van der Waals surface area contributed by atoms with Crippen LogP contribution in [0, 0.1) is 0 Å². The predicted molar refractivity (Wildman–Crippen MR) is 165 cm³/mol. The van der Waals surface area contributed by atoms with E-state index in [1.165, 1.54) is 24.3 Å². The van der Waals surface area contributed by atoms with Gasteiger partial charge in [0.15, 0.2) is 5.96 Å². The lowest BCUT2D eigenvalue weighted by molar-refractivity contribution is -0.147. The number of aliphatic hydroxyl groups excluding tert-OH is 1. The predicted octanol–water partition coefficient (Wildman–Crippen LogP) is -3.18. The number of carbonyl (C=O) groups excluding carboxylic acids is 6. The maximum atomic E-state index is 13.9.